The third-order valence-electron chi connectivity index (χ3n) is 4.43. The molecule has 2 N–H and O–H groups in total. The molecule has 146 valence electrons. The Bertz CT molecular complexity index is 1190. The number of rotatable bonds is 6. The van der Waals surface area contributed by atoms with Crippen LogP contribution >= 0.6 is 0 Å². The van der Waals surface area contributed by atoms with Crippen LogP contribution < -0.4 is 14.8 Å². The molecule has 8 nitrogen and oxygen atoms in total. The second-order valence-corrected chi connectivity index (χ2v) is 6.19. The summed E-state index contributed by atoms with van der Waals surface area (Å²) < 4.78 is 12.5. The Morgan fingerprint density at radius 3 is 2.52 bits per heavy atom. The number of ether oxygens (including phenoxy) is 2. The van der Waals surface area contributed by atoms with E-state index in [1.807, 2.05) is 36.4 Å². The third kappa shape index (κ3) is 3.55. The maximum Gasteiger partial charge on any atom is 0.335 e. The summed E-state index contributed by atoms with van der Waals surface area (Å²) in [5, 5.41) is 16.7. The Hall–Kier alpha value is -4.07. The predicted octanol–water partition coefficient (Wildman–Crippen LogP) is 3.86. The first-order valence-electron chi connectivity index (χ1n) is 8.77. The van der Waals surface area contributed by atoms with Gasteiger partial charge >= 0.3 is 5.97 Å². The number of nitrogens with one attached hydrogen (secondary N) is 1. The van der Waals surface area contributed by atoms with E-state index in [0.29, 0.717) is 28.8 Å². The molecule has 0 aliphatic rings. The van der Waals surface area contributed by atoms with Crippen LogP contribution in [0.1, 0.15) is 10.4 Å². The molecule has 2 aromatic carbocycles. The van der Waals surface area contributed by atoms with E-state index < -0.39 is 5.97 Å². The molecule has 0 aliphatic heterocycles. The van der Waals surface area contributed by atoms with Crippen molar-refractivity contribution in [1.82, 2.24) is 14.6 Å². The number of aromatic carboxylic acids is 1. The monoisotopic (exact) mass is 390 g/mol. The third-order valence-corrected chi connectivity index (χ3v) is 4.43. The Kier molecular flexibility index (Phi) is 4.74. The predicted molar refractivity (Wildman–Crippen MR) is 108 cm³/mol. The van der Waals surface area contributed by atoms with E-state index in [-0.39, 0.29) is 5.56 Å². The van der Waals surface area contributed by atoms with Crippen molar-refractivity contribution < 1.29 is 19.4 Å². The Labute approximate surface area is 166 Å². The van der Waals surface area contributed by atoms with E-state index in [1.165, 1.54) is 12.1 Å². The molecule has 0 spiro atoms. The molecule has 2 heterocycles. The number of methoxy groups -OCH3 is 2. The molecule has 4 aromatic rings. The van der Waals surface area contributed by atoms with Gasteiger partial charge in [-0.05, 0) is 48.5 Å². The number of hydrogen-bond acceptors (Lipinski definition) is 6. The van der Waals surface area contributed by atoms with Crippen molar-refractivity contribution in [1.29, 1.82) is 0 Å². The van der Waals surface area contributed by atoms with Gasteiger partial charge in [0.2, 0.25) is 5.95 Å². The molecule has 0 saturated heterocycles. The first-order valence-corrected chi connectivity index (χ1v) is 8.77. The first kappa shape index (κ1) is 18.3. The number of carboxylic acid groups (broad SMARTS) is 1. The molecule has 4 rings (SSSR count). The van der Waals surface area contributed by atoms with E-state index in [2.05, 4.69) is 15.4 Å². The summed E-state index contributed by atoms with van der Waals surface area (Å²) >= 11 is 0. The van der Waals surface area contributed by atoms with Gasteiger partial charge in [-0.3, -0.25) is 0 Å². The van der Waals surface area contributed by atoms with Gasteiger partial charge in [-0.25, -0.2) is 9.31 Å². The van der Waals surface area contributed by atoms with Crippen LogP contribution in [0.25, 0.3) is 16.9 Å². The highest BCUT2D eigenvalue weighted by Gasteiger charge is 2.14. The lowest BCUT2D eigenvalue weighted by Gasteiger charge is -2.11. The summed E-state index contributed by atoms with van der Waals surface area (Å²) in [4.78, 5) is 15.5. The fraction of sp³-hybridized carbons (Fsp3) is 0.0952. The highest BCUT2D eigenvalue weighted by molar-refractivity contribution is 5.88. The zero-order valence-corrected chi connectivity index (χ0v) is 15.8. The second kappa shape index (κ2) is 7.51. The molecular weight excluding hydrogens is 372 g/mol. The summed E-state index contributed by atoms with van der Waals surface area (Å²) in [5.74, 6) is 0.781. The summed E-state index contributed by atoms with van der Waals surface area (Å²) in [6.07, 6.45) is 0. The van der Waals surface area contributed by atoms with Crippen molar-refractivity contribution in [2.45, 2.75) is 0 Å². The number of pyridine rings is 1. The van der Waals surface area contributed by atoms with Gasteiger partial charge in [-0.15, -0.1) is 5.10 Å². The normalized spacial score (nSPS) is 10.7. The van der Waals surface area contributed by atoms with Crippen LogP contribution in [0.5, 0.6) is 11.5 Å². The second-order valence-electron chi connectivity index (χ2n) is 6.19. The van der Waals surface area contributed by atoms with Gasteiger partial charge in [0.25, 0.3) is 0 Å². The summed E-state index contributed by atoms with van der Waals surface area (Å²) in [5.41, 5.74) is 3.22. The molecule has 0 fully saturated rings. The minimum Gasteiger partial charge on any atom is -0.497 e. The lowest BCUT2D eigenvalue weighted by Crippen LogP contribution is -1.98. The Morgan fingerprint density at radius 2 is 1.83 bits per heavy atom. The van der Waals surface area contributed by atoms with Gasteiger partial charge in [0, 0.05) is 17.3 Å². The molecular formula is C21H18N4O4. The first-order chi connectivity index (χ1) is 14.1. The highest BCUT2D eigenvalue weighted by Crippen LogP contribution is 2.33. The molecule has 0 atom stereocenters. The highest BCUT2D eigenvalue weighted by atomic mass is 16.5. The average molecular weight is 390 g/mol. The van der Waals surface area contributed by atoms with E-state index in [1.54, 1.807) is 30.9 Å². The molecule has 0 bridgehead atoms. The number of benzene rings is 2. The van der Waals surface area contributed by atoms with Gasteiger partial charge in [-0.1, -0.05) is 6.07 Å². The minimum atomic E-state index is -0.972. The smallest absolute Gasteiger partial charge is 0.335 e. The van der Waals surface area contributed by atoms with Gasteiger partial charge in [0.05, 0.1) is 25.5 Å². The lowest BCUT2D eigenvalue weighted by molar-refractivity contribution is 0.0697. The molecule has 29 heavy (non-hydrogen) atoms. The molecule has 2 aromatic heterocycles. The Morgan fingerprint density at radius 1 is 1.03 bits per heavy atom. The standard InChI is InChI=1S/C21H18N4O4/c1-28-15-10-11-16(18(12-15)29-2)17-4-3-5-19-23-21(24-25(17)19)22-14-8-6-13(7-9-14)20(26)27/h3-12H,1-2H3,(H,22,24)(H,26,27). The zero-order valence-electron chi connectivity index (χ0n) is 15.8. The quantitative estimate of drug-likeness (QED) is 0.516. The molecule has 8 heteroatoms. The fourth-order valence-corrected chi connectivity index (χ4v) is 3.00. The SMILES string of the molecule is COc1ccc(-c2cccc3nc(Nc4ccc(C(=O)O)cc4)nn23)c(OC)c1. The summed E-state index contributed by atoms with van der Waals surface area (Å²) in [7, 11) is 3.21. The van der Waals surface area contributed by atoms with Crippen LogP contribution in [0.2, 0.25) is 0 Å². The van der Waals surface area contributed by atoms with Crippen molar-refractivity contribution in [3.8, 4) is 22.8 Å². The summed E-state index contributed by atoms with van der Waals surface area (Å²) in [6.45, 7) is 0. The number of carbonyl (C=O) groups is 1. The largest absolute Gasteiger partial charge is 0.497 e. The minimum absolute atomic E-state index is 0.215. The fourth-order valence-electron chi connectivity index (χ4n) is 3.00. The van der Waals surface area contributed by atoms with E-state index in [9.17, 15) is 4.79 Å². The molecule has 0 radical (unpaired) electrons. The van der Waals surface area contributed by atoms with Crippen molar-refractivity contribution in [2.75, 3.05) is 19.5 Å². The van der Waals surface area contributed by atoms with Crippen molar-refractivity contribution in [3.05, 3.63) is 66.2 Å². The van der Waals surface area contributed by atoms with Crippen LogP contribution in [-0.4, -0.2) is 39.9 Å². The van der Waals surface area contributed by atoms with E-state index >= 15 is 0 Å². The van der Waals surface area contributed by atoms with Gasteiger partial charge in [-0.2, -0.15) is 4.98 Å². The van der Waals surface area contributed by atoms with Crippen molar-refractivity contribution in [2.24, 2.45) is 0 Å². The van der Waals surface area contributed by atoms with Gasteiger partial charge in [0.15, 0.2) is 5.65 Å². The Balaban J connectivity index is 1.71. The number of hydrogen-bond donors (Lipinski definition) is 2. The van der Waals surface area contributed by atoms with Crippen LogP contribution in [0.3, 0.4) is 0 Å². The number of fused-ring (bicyclic) bond motifs is 1. The molecule has 0 saturated carbocycles. The molecule has 0 unspecified atom stereocenters. The lowest BCUT2D eigenvalue weighted by atomic mass is 10.1. The average Bonchev–Trinajstić information content (AvgIpc) is 3.16. The number of nitrogens with zero attached hydrogens (tertiary/aromatic N) is 3. The van der Waals surface area contributed by atoms with Gasteiger partial charge in [0.1, 0.15) is 11.5 Å². The van der Waals surface area contributed by atoms with Crippen LogP contribution in [0, 0.1) is 0 Å². The number of anilines is 2. The zero-order chi connectivity index (χ0) is 20.4. The van der Waals surface area contributed by atoms with Crippen LogP contribution in [0.4, 0.5) is 11.6 Å². The van der Waals surface area contributed by atoms with E-state index in [4.69, 9.17) is 14.6 Å². The van der Waals surface area contributed by atoms with Gasteiger partial charge < -0.3 is 19.9 Å². The van der Waals surface area contributed by atoms with Crippen LogP contribution in [0.15, 0.2) is 60.7 Å². The maximum atomic E-state index is 11.0. The van der Waals surface area contributed by atoms with Crippen molar-refractivity contribution >= 4 is 23.3 Å². The van der Waals surface area contributed by atoms with Crippen LogP contribution in [-0.2, 0) is 0 Å². The number of aromatic nitrogens is 3. The van der Waals surface area contributed by atoms with Crippen molar-refractivity contribution in [3.63, 3.8) is 0 Å². The molecule has 0 aliphatic carbocycles. The topological polar surface area (TPSA) is 98.0 Å². The number of carboxylic acids is 1. The molecule has 0 amide bonds. The summed E-state index contributed by atoms with van der Waals surface area (Å²) in [6, 6.07) is 17.6. The maximum absolute atomic E-state index is 11.0. The van der Waals surface area contributed by atoms with E-state index in [0.717, 1.165) is 11.3 Å².